The molecule has 0 atom stereocenters. The number of aliphatic hydroxyl groups is 1. The van der Waals surface area contributed by atoms with Gasteiger partial charge < -0.3 is 19.9 Å². The fourth-order valence-corrected chi connectivity index (χ4v) is 1.42. The maximum Gasteiger partial charge on any atom is 0.337 e. The summed E-state index contributed by atoms with van der Waals surface area (Å²) in [5, 5.41) is 11.7. The smallest absolute Gasteiger partial charge is 0.337 e. The molecule has 100 valence electrons. The van der Waals surface area contributed by atoms with Crippen molar-refractivity contribution in [3.05, 3.63) is 35.4 Å². The highest BCUT2D eigenvalue weighted by Gasteiger charge is 2.03. The van der Waals surface area contributed by atoms with Gasteiger partial charge in [-0.15, -0.1) is 0 Å². The molecule has 0 amide bonds. The van der Waals surface area contributed by atoms with E-state index in [9.17, 15) is 4.79 Å². The molecule has 2 N–H and O–H groups in total. The van der Waals surface area contributed by atoms with E-state index in [1.807, 2.05) is 12.1 Å². The van der Waals surface area contributed by atoms with E-state index in [2.05, 4.69) is 10.1 Å². The SMILES string of the molecule is COC(=O)c1ccc(CNCCOCCO)cc1. The second kappa shape index (κ2) is 8.63. The molecule has 0 spiro atoms. The number of nitrogens with one attached hydrogen (secondary N) is 1. The lowest BCUT2D eigenvalue weighted by atomic mass is 10.1. The summed E-state index contributed by atoms with van der Waals surface area (Å²) in [6.07, 6.45) is 0. The fourth-order valence-electron chi connectivity index (χ4n) is 1.42. The van der Waals surface area contributed by atoms with E-state index in [1.54, 1.807) is 12.1 Å². The molecule has 5 heteroatoms. The van der Waals surface area contributed by atoms with Gasteiger partial charge >= 0.3 is 5.97 Å². The first-order valence-electron chi connectivity index (χ1n) is 5.84. The van der Waals surface area contributed by atoms with E-state index in [-0.39, 0.29) is 12.6 Å². The molecule has 1 rings (SSSR count). The third kappa shape index (κ3) is 5.27. The van der Waals surface area contributed by atoms with Crippen LogP contribution in [-0.4, -0.2) is 44.6 Å². The Morgan fingerprint density at radius 1 is 1.28 bits per heavy atom. The van der Waals surface area contributed by atoms with Gasteiger partial charge in [0, 0.05) is 13.1 Å². The van der Waals surface area contributed by atoms with Crippen LogP contribution >= 0.6 is 0 Å². The van der Waals surface area contributed by atoms with E-state index < -0.39 is 0 Å². The molecule has 5 nitrogen and oxygen atoms in total. The summed E-state index contributed by atoms with van der Waals surface area (Å²) >= 11 is 0. The Hall–Kier alpha value is -1.43. The number of ether oxygens (including phenoxy) is 2. The van der Waals surface area contributed by atoms with Gasteiger partial charge in [0.15, 0.2) is 0 Å². The van der Waals surface area contributed by atoms with E-state index in [0.29, 0.717) is 25.3 Å². The van der Waals surface area contributed by atoms with Crippen LogP contribution < -0.4 is 5.32 Å². The maximum absolute atomic E-state index is 11.2. The molecule has 0 heterocycles. The Morgan fingerprint density at radius 2 is 2.00 bits per heavy atom. The average molecular weight is 253 g/mol. The first kappa shape index (κ1) is 14.6. The van der Waals surface area contributed by atoms with Crippen LogP contribution in [0, 0.1) is 0 Å². The van der Waals surface area contributed by atoms with Gasteiger partial charge in [-0.05, 0) is 17.7 Å². The number of carbonyl (C=O) groups excluding carboxylic acids is 1. The molecule has 18 heavy (non-hydrogen) atoms. The van der Waals surface area contributed by atoms with Crippen LogP contribution in [0.3, 0.4) is 0 Å². The Balaban J connectivity index is 2.25. The van der Waals surface area contributed by atoms with Crippen molar-refractivity contribution in [2.24, 2.45) is 0 Å². The topological polar surface area (TPSA) is 67.8 Å². The van der Waals surface area contributed by atoms with Crippen molar-refractivity contribution in [2.75, 3.05) is 33.5 Å². The summed E-state index contributed by atoms with van der Waals surface area (Å²) in [6, 6.07) is 7.25. The van der Waals surface area contributed by atoms with Crippen LogP contribution in [0.2, 0.25) is 0 Å². The lowest BCUT2D eigenvalue weighted by Crippen LogP contribution is -2.20. The standard InChI is InChI=1S/C13H19NO4/c1-17-13(16)12-4-2-11(3-5-12)10-14-6-8-18-9-7-15/h2-5,14-15H,6-10H2,1H3. The summed E-state index contributed by atoms with van der Waals surface area (Å²) < 4.78 is 9.73. The van der Waals surface area contributed by atoms with E-state index >= 15 is 0 Å². The summed E-state index contributed by atoms with van der Waals surface area (Å²) in [4.78, 5) is 11.2. The third-order valence-corrected chi connectivity index (χ3v) is 2.36. The zero-order valence-electron chi connectivity index (χ0n) is 10.5. The maximum atomic E-state index is 11.2. The normalized spacial score (nSPS) is 10.3. The van der Waals surface area contributed by atoms with Crippen molar-refractivity contribution in [3.8, 4) is 0 Å². The van der Waals surface area contributed by atoms with Gasteiger partial charge in [-0.1, -0.05) is 12.1 Å². The minimum absolute atomic E-state index is 0.0506. The van der Waals surface area contributed by atoms with Crippen molar-refractivity contribution in [3.63, 3.8) is 0 Å². The first-order valence-corrected chi connectivity index (χ1v) is 5.84. The molecule has 0 unspecified atom stereocenters. The largest absolute Gasteiger partial charge is 0.465 e. The predicted octanol–water partition coefficient (Wildman–Crippen LogP) is 0.572. The molecule has 0 bridgehead atoms. The third-order valence-electron chi connectivity index (χ3n) is 2.36. The first-order chi connectivity index (χ1) is 8.77. The Morgan fingerprint density at radius 3 is 2.61 bits per heavy atom. The number of rotatable bonds is 8. The number of aliphatic hydroxyl groups excluding tert-OH is 1. The minimum atomic E-state index is -0.327. The van der Waals surface area contributed by atoms with Crippen molar-refractivity contribution >= 4 is 5.97 Å². The van der Waals surface area contributed by atoms with E-state index in [1.165, 1.54) is 7.11 Å². The minimum Gasteiger partial charge on any atom is -0.465 e. The lowest BCUT2D eigenvalue weighted by Gasteiger charge is -2.06. The molecule has 0 saturated carbocycles. The number of esters is 1. The van der Waals surface area contributed by atoms with Crippen LogP contribution in [0.4, 0.5) is 0 Å². The van der Waals surface area contributed by atoms with Crippen LogP contribution in [0.25, 0.3) is 0 Å². The predicted molar refractivity (Wildman–Crippen MR) is 67.4 cm³/mol. The Labute approximate surface area is 107 Å². The molecule has 0 aromatic heterocycles. The quantitative estimate of drug-likeness (QED) is 0.524. The monoisotopic (exact) mass is 253 g/mol. The van der Waals surface area contributed by atoms with Crippen LogP contribution in [-0.2, 0) is 16.0 Å². The van der Waals surface area contributed by atoms with Crippen LogP contribution in [0.1, 0.15) is 15.9 Å². The Bertz CT molecular complexity index is 351. The molecule has 0 aliphatic rings. The lowest BCUT2D eigenvalue weighted by molar-refractivity contribution is 0.0600. The zero-order valence-corrected chi connectivity index (χ0v) is 10.5. The second-order valence-electron chi connectivity index (χ2n) is 3.70. The number of carbonyl (C=O) groups is 1. The highest BCUT2D eigenvalue weighted by Crippen LogP contribution is 2.05. The molecule has 1 aromatic rings. The van der Waals surface area contributed by atoms with E-state index in [4.69, 9.17) is 9.84 Å². The molecule has 0 saturated heterocycles. The number of hydrogen-bond acceptors (Lipinski definition) is 5. The zero-order chi connectivity index (χ0) is 13.2. The molecule has 1 aromatic carbocycles. The summed E-state index contributed by atoms with van der Waals surface area (Å²) in [5.41, 5.74) is 1.64. The summed E-state index contributed by atoms with van der Waals surface area (Å²) in [5.74, 6) is -0.327. The van der Waals surface area contributed by atoms with E-state index in [0.717, 1.165) is 12.1 Å². The van der Waals surface area contributed by atoms with Gasteiger partial charge in [-0.3, -0.25) is 0 Å². The van der Waals surface area contributed by atoms with Crippen molar-refractivity contribution in [1.29, 1.82) is 0 Å². The highest BCUT2D eigenvalue weighted by atomic mass is 16.5. The molecular weight excluding hydrogens is 234 g/mol. The van der Waals surface area contributed by atoms with Gasteiger partial charge in [0.2, 0.25) is 0 Å². The van der Waals surface area contributed by atoms with Crippen LogP contribution in [0.5, 0.6) is 0 Å². The van der Waals surface area contributed by atoms with Gasteiger partial charge in [-0.25, -0.2) is 4.79 Å². The average Bonchev–Trinajstić information content (AvgIpc) is 2.42. The summed E-state index contributed by atoms with van der Waals surface area (Å²) in [7, 11) is 1.37. The van der Waals surface area contributed by atoms with Gasteiger partial charge in [0.05, 0.1) is 32.5 Å². The van der Waals surface area contributed by atoms with Crippen molar-refractivity contribution in [2.45, 2.75) is 6.54 Å². The van der Waals surface area contributed by atoms with Gasteiger partial charge in [0.25, 0.3) is 0 Å². The molecule has 0 radical (unpaired) electrons. The number of benzene rings is 1. The van der Waals surface area contributed by atoms with Crippen molar-refractivity contribution < 1.29 is 19.4 Å². The van der Waals surface area contributed by atoms with Gasteiger partial charge in [0.1, 0.15) is 0 Å². The molecular formula is C13H19NO4. The van der Waals surface area contributed by atoms with Crippen molar-refractivity contribution in [1.82, 2.24) is 5.32 Å². The molecule has 0 aliphatic carbocycles. The number of methoxy groups -OCH3 is 1. The fraction of sp³-hybridized carbons (Fsp3) is 0.462. The number of hydrogen-bond donors (Lipinski definition) is 2. The van der Waals surface area contributed by atoms with Crippen LogP contribution in [0.15, 0.2) is 24.3 Å². The highest BCUT2D eigenvalue weighted by molar-refractivity contribution is 5.89. The summed E-state index contributed by atoms with van der Waals surface area (Å²) in [6.45, 7) is 2.42. The van der Waals surface area contributed by atoms with Gasteiger partial charge in [-0.2, -0.15) is 0 Å². The molecule has 0 aliphatic heterocycles. The molecule has 0 fully saturated rings. The Kier molecular flexibility index (Phi) is 7.01. The second-order valence-corrected chi connectivity index (χ2v) is 3.70.